The van der Waals surface area contributed by atoms with E-state index in [2.05, 4.69) is 33.5 Å². The maximum absolute atomic E-state index is 6.08. The van der Waals surface area contributed by atoms with Crippen LogP contribution >= 0.6 is 11.8 Å². The van der Waals surface area contributed by atoms with E-state index in [1.807, 2.05) is 11.8 Å². The highest BCUT2D eigenvalue weighted by Crippen LogP contribution is 2.22. The van der Waals surface area contributed by atoms with E-state index in [9.17, 15) is 0 Å². The van der Waals surface area contributed by atoms with Crippen molar-refractivity contribution in [2.45, 2.75) is 58.2 Å². The molecule has 0 radical (unpaired) electrons. The minimum atomic E-state index is -1.33. The quantitative estimate of drug-likeness (QED) is 0.472. The first-order valence-corrected chi connectivity index (χ1v) is 9.74. The highest BCUT2D eigenvalue weighted by atomic mass is 32.2. The first-order valence-electron chi connectivity index (χ1n) is 5.29. The van der Waals surface area contributed by atoms with Gasteiger partial charge >= 0.3 is 0 Å². The third-order valence-corrected chi connectivity index (χ3v) is 4.03. The summed E-state index contributed by atoms with van der Waals surface area (Å²) in [5.41, 5.74) is 0.455. The van der Waals surface area contributed by atoms with Gasteiger partial charge in [0.2, 0.25) is 0 Å². The highest BCUT2D eigenvalue weighted by molar-refractivity contribution is 7.99. The molecule has 1 atom stereocenters. The van der Waals surface area contributed by atoms with Gasteiger partial charge in [0.1, 0.15) is 0 Å². The van der Waals surface area contributed by atoms with Crippen molar-refractivity contribution in [3.8, 4) is 0 Å². The number of rotatable bonds is 7. The molecule has 0 bridgehead atoms. The van der Waals surface area contributed by atoms with Gasteiger partial charge in [-0.3, -0.25) is 0 Å². The van der Waals surface area contributed by atoms with Gasteiger partial charge in [0, 0.05) is 0 Å². The van der Waals surface area contributed by atoms with Crippen LogP contribution in [0.25, 0.3) is 0 Å². The van der Waals surface area contributed by atoms with Crippen molar-refractivity contribution in [1.82, 2.24) is 0 Å². The van der Waals surface area contributed by atoms with E-state index in [1.54, 1.807) is 0 Å². The van der Waals surface area contributed by atoms with Crippen LogP contribution in [-0.4, -0.2) is 19.5 Å². The SMILES string of the molecule is CCCSC(CCC)O[Si](C)(C)C. The fourth-order valence-electron chi connectivity index (χ4n) is 1.06. The third-order valence-electron chi connectivity index (χ3n) is 1.52. The zero-order chi connectivity index (χ0) is 10.3. The Kier molecular flexibility index (Phi) is 7.18. The van der Waals surface area contributed by atoms with E-state index in [4.69, 9.17) is 4.43 Å². The van der Waals surface area contributed by atoms with Gasteiger partial charge in [0.05, 0.1) is 5.44 Å². The summed E-state index contributed by atoms with van der Waals surface area (Å²) in [5, 5.41) is 0. The van der Waals surface area contributed by atoms with Crippen LogP contribution in [-0.2, 0) is 4.43 Å². The van der Waals surface area contributed by atoms with E-state index in [0.29, 0.717) is 5.44 Å². The molecule has 0 heterocycles. The molecular weight excluding hydrogens is 196 g/mol. The van der Waals surface area contributed by atoms with Crippen molar-refractivity contribution >= 4 is 20.1 Å². The minimum absolute atomic E-state index is 0.455. The second kappa shape index (κ2) is 6.90. The van der Waals surface area contributed by atoms with Gasteiger partial charge in [-0.2, -0.15) is 0 Å². The van der Waals surface area contributed by atoms with Gasteiger partial charge in [0.25, 0.3) is 0 Å². The van der Waals surface area contributed by atoms with E-state index in [1.165, 1.54) is 25.0 Å². The molecule has 0 aromatic carbocycles. The Balaban J connectivity index is 3.79. The van der Waals surface area contributed by atoms with Crippen LogP contribution in [0.4, 0.5) is 0 Å². The summed E-state index contributed by atoms with van der Waals surface area (Å²) in [6.07, 6.45) is 3.68. The molecule has 0 amide bonds. The van der Waals surface area contributed by atoms with Crippen molar-refractivity contribution in [2.75, 3.05) is 5.75 Å². The minimum Gasteiger partial charge on any atom is -0.406 e. The Hall–Kier alpha value is 0.527. The van der Waals surface area contributed by atoms with Crippen molar-refractivity contribution in [1.29, 1.82) is 0 Å². The second-order valence-corrected chi connectivity index (χ2v) is 10.0. The lowest BCUT2D eigenvalue weighted by molar-refractivity contribution is 0.269. The molecule has 1 nitrogen and oxygen atoms in total. The molecule has 0 rings (SSSR count). The zero-order valence-electron chi connectivity index (χ0n) is 9.72. The van der Waals surface area contributed by atoms with Crippen molar-refractivity contribution < 1.29 is 4.43 Å². The normalized spacial score (nSPS) is 14.5. The van der Waals surface area contributed by atoms with E-state index >= 15 is 0 Å². The van der Waals surface area contributed by atoms with Crippen LogP contribution in [0.15, 0.2) is 0 Å². The molecule has 0 N–H and O–H groups in total. The second-order valence-electron chi connectivity index (χ2n) is 4.32. The molecule has 0 spiro atoms. The van der Waals surface area contributed by atoms with Gasteiger partial charge in [-0.15, -0.1) is 11.8 Å². The molecule has 0 aliphatic heterocycles. The maximum atomic E-state index is 6.08. The monoisotopic (exact) mass is 220 g/mol. The Bertz CT molecular complexity index is 123. The van der Waals surface area contributed by atoms with Gasteiger partial charge in [0.15, 0.2) is 8.32 Å². The molecule has 0 aliphatic carbocycles. The summed E-state index contributed by atoms with van der Waals surface area (Å²) in [6.45, 7) is 11.3. The summed E-state index contributed by atoms with van der Waals surface area (Å²) in [4.78, 5) is 0. The number of hydrogen-bond donors (Lipinski definition) is 0. The zero-order valence-corrected chi connectivity index (χ0v) is 11.5. The van der Waals surface area contributed by atoms with Crippen LogP contribution < -0.4 is 0 Å². The summed E-state index contributed by atoms with van der Waals surface area (Å²) in [7, 11) is -1.33. The lowest BCUT2D eigenvalue weighted by Crippen LogP contribution is -2.30. The van der Waals surface area contributed by atoms with Crippen molar-refractivity contribution in [3.05, 3.63) is 0 Å². The summed E-state index contributed by atoms with van der Waals surface area (Å²) in [6, 6.07) is 0. The molecular formula is C10H24OSSi. The van der Waals surface area contributed by atoms with E-state index in [0.717, 1.165) is 0 Å². The number of thioether (sulfide) groups is 1. The average Bonchev–Trinajstić information content (AvgIpc) is 1.98. The lowest BCUT2D eigenvalue weighted by atomic mass is 10.4. The van der Waals surface area contributed by atoms with Gasteiger partial charge < -0.3 is 4.43 Å². The first kappa shape index (κ1) is 13.5. The van der Waals surface area contributed by atoms with E-state index < -0.39 is 8.32 Å². The molecule has 3 heteroatoms. The topological polar surface area (TPSA) is 9.23 Å². The Morgan fingerprint density at radius 1 is 1.15 bits per heavy atom. The molecule has 13 heavy (non-hydrogen) atoms. The number of hydrogen-bond acceptors (Lipinski definition) is 2. The molecule has 0 aromatic rings. The van der Waals surface area contributed by atoms with Crippen LogP contribution in [0.5, 0.6) is 0 Å². The third kappa shape index (κ3) is 8.85. The largest absolute Gasteiger partial charge is 0.406 e. The molecule has 0 saturated heterocycles. The molecule has 0 fully saturated rings. The van der Waals surface area contributed by atoms with Gasteiger partial charge in [-0.25, -0.2) is 0 Å². The summed E-state index contributed by atoms with van der Waals surface area (Å²) in [5.74, 6) is 1.23. The van der Waals surface area contributed by atoms with Crippen molar-refractivity contribution in [3.63, 3.8) is 0 Å². The average molecular weight is 220 g/mol. The standard InChI is InChI=1S/C10H24OSSi/c1-6-8-10(12-9-7-2)11-13(3,4)5/h10H,6-9H2,1-5H3. The van der Waals surface area contributed by atoms with Gasteiger partial charge in [-0.05, 0) is 38.2 Å². The Morgan fingerprint density at radius 3 is 2.15 bits per heavy atom. The summed E-state index contributed by atoms with van der Waals surface area (Å²) < 4.78 is 6.08. The summed E-state index contributed by atoms with van der Waals surface area (Å²) >= 11 is 1.99. The maximum Gasteiger partial charge on any atom is 0.185 e. The Morgan fingerprint density at radius 2 is 1.77 bits per heavy atom. The Labute approximate surface area is 88.8 Å². The van der Waals surface area contributed by atoms with E-state index in [-0.39, 0.29) is 0 Å². The van der Waals surface area contributed by atoms with Gasteiger partial charge in [-0.1, -0.05) is 20.3 Å². The first-order chi connectivity index (χ1) is 5.99. The molecule has 80 valence electrons. The fourth-order valence-corrected chi connectivity index (χ4v) is 4.00. The van der Waals surface area contributed by atoms with Crippen LogP contribution in [0.1, 0.15) is 33.1 Å². The molecule has 0 saturated carbocycles. The predicted molar refractivity (Wildman–Crippen MR) is 65.9 cm³/mol. The predicted octanol–water partition coefficient (Wildman–Crippen LogP) is 4.11. The van der Waals surface area contributed by atoms with Crippen LogP contribution in [0.3, 0.4) is 0 Å². The van der Waals surface area contributed by atoms with Crippen LogP contribution in [0.2, 0.25) is 19.6 Å². The molecule has 1 unspecified atom stereocenters. The molecule has 0 aromatic heterocycles. The fraction of sp³-hybridized carbons (Fsp3) is 1.00. The molecule has 0 aliphatic rings. The smallest absolute Gasteiger partial charge is 0.185 e. The lowest BCUT2D eigenvalue weighted by Gasteiger charge is -2.25. The van der Waals surface area contributed by atoms with Crippen LogP contribution in [0, 0.1) is 0 Å². The highest BCUT2D eigenvalue weighted by Gasteiger charge is 2.20. The van der Waals surface area contributed by atoms with Crippen molar-refractivity contribution in [2.24, 2.45) is 0 Å².